The molecular weight excluding hydrogens is 370 g/mol. The number of carbonyl (C=O) groups is 3. The van der Waals surface area contributed by atoms with Gasteiger partial charge in [0.2, 0.25) is 6.41 Å². The molecule has 0 radical (unpaired) electrons. The van der Waals surface area contributed by atoms with E-state index in [1.807, 2.05) is 0 Å². The number of aliphatic carboxylic acids is 1. The fourth-order valence-corrected chi connectivity index (χ4v) is 1.61. The van der Waals surface area contributed by atoms with Gasteiger partial charge in [-0.05, 0) is 35.7 Å². The SMILES string of the molecule is C/C(Br)=C(/Br)C(=O)N(C=O)CCCCCC(=O)O. The van der Waals surface area contributed by atoms with Crippen molar-refractivity contribution in [1.82, 2.24) is 4.90 Å². The minimum atomic E-state index is -0.834. The average molecular weight is 385 g/mol. The quantitative estimate of drug-likeness (QED) is 0.396. The molecule has 0 aromatic heterocycles. The van der Waals surface area contributed by atoms with Crippen LogP contribution in [0.25, 0.3) is 0 Å². The van der Waals surface area contributed by atoms with Gasteiger partial charge in [-0.2, -0.15) is 0 Å². The lowest BCUT2D eigenvalue weighted by atomic mass is 10.2. The first-order valence-electron chi connectivity index (χ1n) is 5.40. The lowest BCUT2D eigenvalue weighted by Crippen LogP contribution is -2.30. The Bertz CT molecular complexity index is 351. The summed E-state index contributed by atoms with van der Waals surface area (Å²) in [6.45, 7) is 1.98. The van der Waals surface area contributed by atoms with Crippen molar-refractivity contribution >= 4 is 50.1 Å². The van der Waals surface area contributed by atoms with Gasteiger partial charge in [0, 0.05) is 17.4 Å². The van der Waals surface area contributed by atoms with E-state index < -0.39 is 11.9 Å². The molecule has 0 heterocycles. The summed E-state index contributed by atoms with van der Waals surface area (Å²) < 4.78 is 0.922. The Balaban J connectivity index is 4.13. The first-order chi connectivity index (χ1) is 8.40. The van der Waals surface area contributed by atoms with Crippen LogP contribution in [0, 0.1) is 0 Å². The van der Waals surface area contributed by atoms with E-state index >= 15 is 0 Å². The van der Waals surface area contributed by atoms with Crippen molar-refractivity contribution < 1.29 is 19.5 Å². The molecule has 0 saturated heterocycles. The highest BCUT2D eigenvalue weighted by atomic mass is 79.9. The van der Waals surface area contributed by atoms with Crippen LogP contribution in [0.5, 0.6) is 0 Å². The first kappa shape index (κ1) is 17.3. The fourth-order valence-electron chi connectivity index (χ4n) is 1.21. The predicted octanol–water partition coefficient (Wildman–Crippen LogP) is 2.64. The highest BCUT2D eigenvalue weighted by Crippen LogP contribution is 2.19. The maximum absolute atomic E-state index is 11.8. The number of hydrogen-bond donors (Lipinski definition) is 1. The van der Waals surface area contributed by atoms with Crippen molar-refractivity contribution in [2.45, 2.75) is 32.6 Å². The maximum atomic E-state index is 11.8. The molecule has 0 aromatic carbocycles. The minimum Gasteiger partial charge on any atom is -0.481 e. The molecular formula is C11H15Br2NO4. The Kier molecular flexibility index (Phi) is 8.91. The number of unbranched alkanes of at least 4 members (excludes halogenated alkanes) is 2. The average Bonchev–Trinajstić information content (AvgIpc) is 2.31. The Labute approximate surface area is 122 Å². The third kappa shape index (κ3) is 6.90. The fraction of sp³-hybridized carbons (Fsp3) is 0.545. The molecule has 0 spiro atoms. The van der Waals surface area contributed by atoms with Gasteiger partial charge in [-0.1, -0.05) is 22.4 Å². The molecule has 2 amide bonds. The first-order valence-corrected chi connectivity index (χ1v) is 6.98. The molecule has 1 N–H and O–H groups in total. The zero-order chi connectivity index (χ0) is 14.1. The van der Waals surface area contributed by atoms with Crippen LogP contribution in [0.1, 0.15) is 32.6 Å². The number of nitrogens with zero attached hydrogens (tertiary/aromatic N) is 1. The van der Waals surface area contributed by atoms with Crippen LogP contribution in [-0.4, -0.2) is 34.8 Å². The topological polar surface area (TPSA) is 74.7 Å². The largest absolute Gasteiger partial charge is 0.481 e. The Morgan fingerprint density at radius 1 is 1.22 bits per heavy atom. The van der Waals surface area contributed by atoms with Crippen molar-refractivity contribution in [3.8, 4) is 0 Å². The van der Waals surface area contributed by atoms with Gasteiger partial charge in [0.05, 0.1) is 4.48 Å². The second-order valence-electron chi connectivity index (χ2n) is 3.66. The van der Waals surface area contributed by atoms with Crippen molar-refractivity contribution in [1.29, 1.82) is 0 Å². The smallest absolute Gasteiger partial charge is 0.303 e. The molecule has 7 heteroatoms. The van der Waals surface area contributed by atoms with E-state index in [1.54, 1.807) is 6.92 Å². The molecule has 0 rings (SSSR count). The van der Waals surface area contributed by atoms with E-state index in [9.17, 15) is 14.4 Å². The maximum Gasteiger partial charge on any atom is 0.303 e. The molecule has 0 aliphatic rings. The second-order valence-corrected chi connectivity index (χ2v) is 5.64. The summed E-state index contributed by atoms with van der Waals surface area (Å²) in [5.74, 6) is -1.24. The van der Waals surface area contributed by atoms with Crippen LogP contribution in [0.15, 0.2) is 8.96 Å². The van der Waals surface area contributed by atoms with Crippen molar-refractivity contribution in [3.05, 3.63) is 8.96 Å². The molecule has 0 aliphatic carbocycles. The molecule has 0 atom stereocenters. The Morgan fingerprint density at radius 2 is 1.83 bits per heavy atom. The third-order valence-electron chi connectivity index (χ3n) is 2.17. The number of allylic oxidation sites excluding steroid dienone is 1. The standard InChI is InChI=1S/C11H15Br2NO4/c1-8(12)10(13)11(18)14(7-15)6-4-2-3-5-9(16)17/h7H,2-6H2,1H3,(H,16,17)/b10-8-. The van der Waals surface area contributed by atoms with Gasteiger partial charge in [-0.3, -0.25) is 19.3 Å². The van der Waals surface area contributed by atoms with Gasteiger partial charge in [-0.25, -0.2) is 0 Å². The van der Waals surface area contributed by atoms with E-state index in [4.69, 9.17) is 5.11 Å². The van der Waals surface area contributed by atoms with Gasteiger partial charge < -0.3 is 5.11 Å². The molecule has 0 saturated carbocycles. The van der Waals surface area contributed by atoms with Crippen LogP contribution >= 0.6 is 31.9 Å². The summed E-state index contributed by atoms with van der Waals surface area (Å²) in [6.07, 6.45) is 2.40. The molecule has 0 bridgehead atoms. The highest BCUT2D eigenvalue weighted by molar-refractivity contribution is 9.14. The van der Waals surface area contributed by atoms with E-state index in [-0.39, 0.29) is 13.0 Å². The predicted molar refractivity (Wildman–Crippen MR) is 74.4 cm³/mol. The molecule has 5 nitrogen and oxygen atoms in total. The van der Waals surface area contributed by atoms with Gasteiger partial charge in [0.25, 0.3) is 5.91 Å². The zero-order valence-corrected chi connectivity index (χ0v) is 13.2. The second kappa shape index (κ2) is 9.27. The van der Waals surface area contributed by atoms with Crippen LogP contribution < -0.4 is 0 Å². The van der Waals surface area contributed by atoms with Gasteiger partial charge >= 0.3 is 5.97 Å². The highest BCUT2D eigenvalue weighted by Gasteiger charge is 2.16. The van der Waals surface area contributed by atoms with Crippen LogP contribution in [0.3, 0.4) is 0 Å². The third-order valence-corrected chi connectivity index (χ3v) is 4.03. The number of imide groups is 1. The number of carbonyl (C=O) groups excluding carboxylic acids is 2. The summed E-state index contributed by atoms with van der Waals surface area (Å²) in [6, 6.07) is 0. The minimum absolute atomic E-state index is 0.110. The normalized spacial score (nSPS) is 11.7. The summed E-state index contributed by atoms with van der Waals surface area (Å²) in [5, 5.41) is 8.45. The number of rotatable bonds is 8. The number of hydrogen-bond acceptors (Lipinski definition) is 3. The van der Waals surface area contributed by atoms with E-state index in [2.05, 4.69) is 31.9 Å². The summed E-state index contributed by atoms with van der Waals surface area (Å²) in [7, 11) is 0. The monoisotopic (exact) mass is 383 g/mol. The number of carboxylic acids is 1. The summed E-state index contributed by atoms with van der Waals surface area (Å²) >= 11 is 6.25. The van der Waals surface area contributed by atoms with Gasteiger partial charge in [0.15, 0.2) is 0 Å². The molecule has 18 heavy (non-hydrogen) atoms. The van der Waals surface area contributed by atoms with Crippen LogP contribution in [-0.2, 0) is 14.4 Å². The van der Waals surface area contributed by atoms with E-state index in [0.717, 1.165) is 4.90 Å². The number of halogens is 2. The van der Waals surface area contributed by atoms with Gasteiger partial charge in [-0.15, -0.1) is 0 Å². The Hall–Kier alpha value is -0.690. The molecule has 0 unspecified atom stereocenters. The summed E-state index contributed by atoms with van der Waals surface area (Å²) in [5.41, 5.74) is 0. The van der Waals surface area contributed by atoms with Crippen molar-refractivity contribution in [2.24, 2.45) is 0 Å². The number of amides is 2. The molecule has 0 aromatic rings. The van der Waals surface area contributed by atoms with Gasteiger partial charge in [0.1, 0.15) is 0 Å². The molecule has 0 aliphatic heterocycles. The van der Waals surface area contributed by atoms with Crippen LogP contribution in [0.2, 0.25) is 0 Å². The lowest BCUT2D eigenvalue weighted by molar-refractivity contribution is -0.138. The zero-order valence-electron chi connectivity index (χ0n) is 9.99. The van der Waals surface area contributed by atoms with Crippen LogP contribution in [0.4, 0.5) is 0 Å². The lowest BCUT2D eigenvalue weighted by Gasteiger charge is -2.15. The van der Waals surface area contributed by atoms with E-state index in [1.165, 1.54) is 0 Å². The molecule has 102 valence electrons. The number of carboxylic acid groups (broad SMARTS) is 1. The molecule has 0 fully saturated rings. The summed E-state index contributed by atoms with van der Waals surface area (Å²) in [4.78, 5) is 33.9. The van der Waals surface area contributed by atoms with E-state index in [0.29, 0.717) is 34.6 Å². The van der Waals surface area contributed by atoms with Crippen molar-refractivity contribution in [2.75, 3.05) is 6.54 Å². The van der Waals surface area contributed by atoms with Crippen molar-refractivity contribution in [3.63, 3.8) is 0 Å². The Morgan fingerprint density at radius 3 is 2.28 bits per heavy atom.